The van der Waals surface area contributed by atoms with Gasteiger partial charge in [0.2, 0.25) is 0 Å². The van der Waals surface area contributed by atoms with E-state index in [4.69, 9.17) is 0 Å². The monoisotopic (exact) mass is 358 g/mol. The van der Waals surface area contributed by atoms with Crippen LogP contribution in [0.5, 0.6) is 0 Å². The molecular weight excluding hydrogens is 332 g/mol. The quantitative estimate of drug-likeness (QED) is 0.465. The smallest absolute Gasteiger partial charge is 0.282 e. The Balaban J connectivity index is 4.17. The standard InChI is InChI=1S/C21H26O3S/c1-6-11-16-17(12-7-2)19(14-9-4)21(25(22,23)24)20(15-10-5)18(16)13-8-3/h6-10H,1-5,11-15H2,(H,22,23,24). The highest BCUT2D eigenvalue weighted by atomic mass is 32.2. The van der Waals surface area contributed by atoms with E-state index in [0.717, 1.165) is 16.7 Å². The molecule has 0 unspecified atom stereocenters. The van der Waals surface area contributed by atoms with Crippen LogP contribution < -0.4 is 0 Å². The van der Waals surface area contributed by atoms with E-state index in [-0.39, 0.29) is 4.90 Å². The van der Waals surface area contributed by atoms with Gasteiger partial charge in [-0.3, -0.25) is 4.55 Å². The highest BCUT2D eigenvalue weighted by Crippen LogP contribution is 2.34. The van der Waals surface area contributed by atoms with Gasteiger partial charge in [-0.15, -0.1) is 32.9 Å². The first-order valence-corrected chi connectivity index (χ1v) is 9.51. The zero-order valence-corrected chi connectivity index (χ0v) is 15.4. The summed E-state index contributed by atoms with van der Waals surface area (Å²) in [5.41, 5.74) is 3.85. The Bertz CT molecular complexity index is 754. The largest absolute Gasteiger partial charge is 0.295 e. The average molecular weight is 359 g/mol. The lowest BCUT2D eigenvalue weighted by Crippen LogP contribution is -2.16. The van der Waals surface area contributed by atoms with Gasteiger partial charge < -0.3 is 0 Å². The fourth-order valence-electron chi connectivity index (χ4n) is 3.21. The second-order valence-corrected chi connectivity index (χ2v) is 7.02. The molecule has 1 N–H and O–H groups in total. The summed E-state index contributed by atoms with van der Waals surface area (Å²) < 4.78 is 34.4. The molecule has 1 rings (SSSR count). The van der Waals surface area contributed by atoms with E-state index in [0.29, 0.717) is 43.2 Å². The third-order valence-electron chi connectivity index (χ3n) is 4.01. The maximum atomic E-state index is 12.2. The van der Waals surface area contributed by atoms with Crippen LogP contribution in [0.1, 0.15) is 27.8 Å². The lowest BCUT2D eigenvalue weighted by molar-refractivity contribution is 0.481. The highest BCUT2D eigenvalue weighted by Gasteiger charge is 2.27. The molecule has 25 heavy (non-hydrogen) atoms. The first kappa shape index (κ1) is 20.9. The van der Waals surface area contributed by atoms with E-state index < -0.39 is 10.1 Å². The van der Waals surface area contributed by atoms with E-state index in [2.05, 4.69) is 32.9 Å². The summed E-state index contributed by atoms with van der Waals surface area (Å²) in [6, 6.07) is 0. The molecule has 0 aliphatic carbocycles. The molecule has 0 saturated heterocycles. The van der Waals surface area contributed by atoms with Crippen molar-refractivity contribution in [2.75, 3.05) is 0 Å². The molecule has 0 aromatic heterocycles. The van der Waals surface area contributed by atoms with Crippen molar-refractivity contribution in [3.63, 3.8) is 0 Å². The predicted octanol–water partition coefficient (Wildman–Crippen LogP) is 4.58. The van der Waals surface area contributed by atoms with Crippen molar-refractivity contribution in [2.24, 2.45) is 0 Å². The number of allylic oxidation sites excluding steroid dienone is 5. The van der Waals surface area contributed by atoms with Crippen molar-refractivity contribution < 1.29 is 13.0 Å². The van der Waals surface area contributed by atoms with E-state index in [1.165, 1.54) is 0 Å². The second kappa shape index (κ2) is 9.35. The van der Waals surface area contributed by atoms with Crippen molar-refractivity contribution in [1.29, 1.82) is 0 Å². The van der Waals surface area contributed by atoms with Gasteiger partial charge in [0.1, 0.15) is 4.90 Å². The van der Waals surface area contributed by atoms with Gasteiger partial charge in [-0.1, -0.05) is 30.4 Å². The fraction of sp³-hybridized carbons (Fsp3) is 0.238. The fourth-order valence-corrected chi connectivity index (χ4v) is 4.24. The molecule has 0 saturated carbocycles. The number of benzene rings is 1. The first-order chi connectivity index (χ1) is 11.9. The topological polar surface area (TPSA) is 54.4 Å². The van der Waals surface area contributed by atoms with Crippen LogP contribution in [0.15, 0.2) is 68.2 Å². The Morgan fingerprint density at radius 2 is 0.840 bits per heavy atom. The van der Waals surface area contributed by atoms with Gasteiger partial charge in [0.15, 0.2) is 0 Å². The van der Waals surface area contributed by atoms with Gasteiger partial charge in [0.25, 0.3) is 10.1 Å². The normalized spacial score (nSPS) is 10.9. The van der Waals surface area contributed by atoms with Crippen LogP contribution in [0.25, 0.3) is 0 Å². The molecule has 1 aromatic rings. The van der Waals surface area contributed by atoms with E-state index in [1.54, 1.807) is 30.4 Å². The molecule has 0 aliphatic rings. The van der Waals surface area contributed by atoms with Crippen molar-refractivity contribution in [1.82, 2.24) is 0 Å². The summed E-state index contributed by atoms with van der Waals surface area (Å²) >= 11 is 0. The molecule has 0 fully saturated rings. The molecule has 0 aliphatic heterocycles. The number of rotatable bonds is 11. The summed E-state index contributed by atoms with van der Waals surface area (Å²) in [5, 5.41) is 0. The van der Waals surface area contributed by atoms with Crippen LogP contribution in [-0.4, -0.2) is 13.0 Å². The SMILES string of the molecule is C=CCc1c(CC=C)c(CC=C)c(S(=O)(=O)O)c(CC=C)c1CC=C. The molecule has 0 radical (unpaired) electrons. The van der Waals surface area contributed by atoms with E-state index in [1.807, 2.05) is 0 Å². The predicted molar refractivity (Wildman–Crippen MR) is 106 cm³/mol. The second-order valence-electron chi connectivity index (χ2n) is 5.66. The Morgan fingerprint density at radius 1 is 0.600 bits per heavy atom. The molecule has 0 bridgehead atoms. The van der Waals surface area contributed by atoms with Crippen LogP contribution >= 0.6 is 0 Å². The third-order valence-corrected chi connectivity index (χ3v) is 5.01. The molecule has 1 aromatic carbocycles. The maximum Gasteiger partial charge on any atom is 0.295 e. The van der Waals surface area contributed by atoms with Crippen LogP contribution in [0, 0.1) is 0 Å². The summed E-state index contributed by atoms with van der Waals surface area (Å²) in [7, 11) is -4.41. The van der Waals surface area contributed by atoms with Crippen molar-refractivity contribution >= 4 is 10.1 Å². The van der Waals surface area contributed by atoms with Crippen LogP contribution in [-0.2, 0) is 42.2 Å². The van der Waals surface area contributed by atoms with Gasteiger partial charge in [0, 0.05) is 0 Å². The van der Waals surface area contributed by atoms with Gasteiger partial charge in [-0.2, -0.15) is 8.42 Å². The minimum Gasteiger partial charge on any atom is -0.282 e. The summed E-state index contributed by atoms with van der Waals surface area (Å²) in [6.07, 6.45) is 10.8. The highest BCUT2D eigenvalue weighted by molar-refractivity contribution is 7.86. The number of hydrogen-bond acceptors (Lipinski definition) is 2. The Hall–Kier alpha value is -2.17. The molecule has 134 valence electrons. The van der Waals surface area contributed by atoms with E-state index in [9.17, 15) is 13.0 Å². The zero-order chi connectivity index (χ0) is 19.0. The zero-order valence-electron chi connectivity index (χ0n) is 14.6. The summed E-state index contributed by atoms with van der Waals surface area (Å²) in [5.74, 6) is 0. The lowest BCUT2D eigenvalue weighted by Gasteiger charge is -2.24. The minimum atomic E-state index is -4.41. The van der Waals surface area contributed by atoms with Gasteiger partial charge >= 0.3 is 0 Å². The maximum absolute atomic E-state index is 12.2. The van der Waals surface area contributed by atoms with Gasteiger partial charge in [-0.05, 0) is 59.9 Å². The molecule has 0 heterocycles. The molecule has 0 amide bonds. The summed E-state index contributed by atoms with van der Waals surface area (Å²) in [6.45, 7) is 18.9. The first-order valence-electron chi connectivity index (χ1n) is 8.07. The third kappa shape index (κ3) is 4.68. The van der Waals surface area contributed by atoms with Crippen molar-refractivity contribution in [3.05, 3.63) is 91.1 Å². The van der Waals surface area contributed by atoms with E-state index >= 15 is 0 Å². The van der Waals surface area contributed by atoms with Crippen molar-refractivity contribution in [2.45, 2.75) is 37.0 Å². The molecule has 4 heteroatoms. The Labute approximate surface area is 151 Å². The molecule has 0 atom stereocenters. The Morgan fingerprint density at radius 3 is 1.08 bits per heavy atom. The minimum absolute atomic E-state index is 0.0335. The molecule has 3 nitrogen and oxygen atoms in total. The molecular formula is C21H26O3S. The lowest BCUT2D eigenvalue weighted by atomic mass is 9.84. The van der Waals surface area contributed by atoms with Gasteiger partial charge in [0.05, 0.1) is 0 Å². The van der Waals surface area contributed by atoms with Crippen LogP contribution in [0.4, 0.5) is 0 Å². The van der Waals surface area contributed by atoms with Gasteiger partial charge in [-0.25, -0.2) is 0 Å². The Kier molecular flexibility index (Phi) is 7.81. The molecule has 0 spiro atoms. The number of hydrogen-bond donors (Lipinski definition) is 1. The van der Waals surface area contributed by atoms with Crippen LogP contribution in [0.3, 0.4) is 0 Å². The van der Waals surface area contributed by atoms with Crippen LogP contribution in [0.2, 0.25) is 0 Å². The average Bonchev–Trinajstić information content (AvgIpc) is 2.53. The van der Waals surface area contributed by atoms with Crippen molar-refractivity contribution in [3.8, 4) is 0 Å². The summed E-state index contributed by atoms with van der Waals surface area (Å²) in [4.78, 5) is -0.0335.